The van der Waals surface area contributed by atoms with Crippen molar-refractivity contribution in [3.8, 4) is 0 Å². The molecule has 0 radical (unpaired) electrons. The van der Waals surface area contributed by atoms with E-state index in [9.17, 15) is 18.0 Å². The zero-order chi connectivity index (χ0) is 19.8. The molecule has 1 aliphatic rings. The van der Waals surface area contributed by atoms with E-state index in [-0.39, 0.29) is 4.90 Å². The summed E-state index contributed by atoms with van der Waals surface area (Å²) in [5, 5.41) is 0. The first kappa shape index (κ1) is 20.2. The van der Waals surface area contributed by atoms with E-state index in [1.807, 2.05) is 20.8 Å². The number of aryl methyl sites for hydroxylation is 1. The summed E-state index contributed by atoms with van der Waals surface area (Å²) in [4.78, 5) is 24.5. The van der Waals surface area contributed by atoms with Gasteiger partial charge in [0.1, 0.15) is 0 Å². The predicted molar refractivity (Wildman–Crippen MR) is 97.7 cm³/mol. The molecule has 1 atom stereocenters. The first-order valence-electron chi connectivity index (χ1n) is 8.37. The topological polar surface area (TPSA) is 89.5 Å². The second kappa shape index (κ2) is 6.87. The van der Waals surface area contributed by atoms with Gasteiger partial charge in [0.25, 0.3) is 10.0 Å². The molecule has 0 spiro atoms. The fraction of sp³-hybridized carbons (Fsp3) is 0.474. The summed E-state index contributed by atoms with van der Waals surface area (Å²) in [6, 6.07) is 6.29. The molecular formula is C19H25NO5S. The molecule has 1 N–H and O–H groups in total. The van der Waals surface area contributed by atoms with Crippen LogP contribution in [0.5, 0.6) is 0 Å². The molecule has 1 amide bonds. The molecule has 142 valence electrons. The minimum Gasteiger partial charge on any atom is -0.466 e. The number of ether oxygens (including phenoxy) is 1. The number of benzene rings is 1. The van der Waals surface area contributed by atoms with Gasteiger partial charge < -0.3 is 4.74 Å². The zero-order valence-corrected chi connectivity index (χ0v) is 16.6. The Bertz CT molecular complexity index is 852. The molecule has 1 aromatic carbocycles. The van der Waals surface area contributed by atoms with Crippen LogP contribution < -0.4 is 4.72 Å². The van der Waals surface area contributed by atoms with Crippen LogP contribution in [-0.4, -0.2) is 27.4 Å². The van der Waals surface area contributed by atoms with Gasteiger partial charge in [-0.15, -0.1) is 0 Å². The maximum Gasteiger partial charge on any atom is 0.330 e. The Morgan fingerprint density at radius 3 is 2.27 bits per heavy atom. The summed E-state index contributed by atoms with van der Waals surface area (Å²) in [5.74, 6) is -1.05. The van der Waals surface area contributed by atoms with Crippen LogP contribution in [0.4, 0.5) is 0 Å². The zero-order valence-electron chi connectivity index (χ0n) is 15.8. The molecule has 6 nitrogen and oxygen atoms in total. The average Bonchev–Trinajstić information content (AvgIpc) is 2.79. The second-order valence-corrected chi connectivity index (χ2v) is 9.08. The maximum atomic E-state index is 12.9. The lowest BCUT2D eigenvalue weighted by molar-refractivity contribution is -0.135. The molecular weight excluding hydrogens is 354 g/mol. The number of rotatable bonds is 4. The van der Waals surface area contributed by atoms with Gasteiger partial charge >= 0.3 is 5.97 Å². The number of amides is 1. The van der Waals surface area contributed by atoms with Crippen LogP contribution in [0.15, 0.2) is 40.8 Å². The maximum absolute atomic E-state index is 12.9. The van der Waals surface area contributed by atoms with E-state index in [4.69, 9.17) is 0 Å². The number of carbonyl (C=O) groups is 2. The van der Waals surface area contributed by atoms with E-state index in [0.717, 1.165) is 11.1 Å². The summed E-state index contributed by atoms with van der Waals surface area (Å²) in [6.07, 6.45) is 2.36. The number of esters is 1. The van der Waals surface area contributed by atoms with E-state index in [2.05, 4.69) is 9.46 Å². The molecule has 0 saturated heterocycles. The van der Waals surface area contributed by atoms with Gasteiger partial charge in [-0.25, -0.2) is 17.9 Å². The lowest BCUT2D eigenvalue weighted by Gasteiger charge is -2.37. The SMILES string of the molecule is COC(=O)/C=C1\CCC(C)(C(=O)NS(=O)(=O)c2ccc(C)cc2)C1(C)C. The number of hydrogen-bond acceptors (Lipinski definition) is 5. The summed E-state index contributed by atoms with van der Waals surface area (Å²) in [5.41, 5.74) is 0.0464. The number of hydrogen-bond donors (Lipinski definition) is 1. The normalized spacial score (nSPS) is 23.7. The Kier molecular flexibility index (Phi) is 5.33. The van der Waals surface area contributed by atoms with Crippen molar-refractivity contribution in [2.45, 2.75) is 45.4 Å². The molecule has 0 heterocycles. The summed E-state index contributed by atoms with van der Waals surface area (Å²) in [6.45, 7) is 7.26. The van der Waals surface area contributed by atoms with Gasteiger partial charge in [-0.2, -0.15) is 0 Å². The van der Waals surface area contributed by atoms with Crippen LogP contribution in [0.1, 0.15) is 39.2 Å². The van der Waals surface area contributed by atoms with Gasteiger partial charge in [0.2, 0.25) is 5.91 Å². The van der Waals surface area contributed by atoms with E-state index in [0.29, 0.717) is 12.8 Å². The fourth-order valence-electron chi connectivity index (χ4n) is 3.23. The monoisotopic (exact) mass is 379 g/mol. The van der Waals surface area contributed by atoms with E-state index < -0.39 is 32.7 Å². The van der Waals surface area contributed by atoms with Crippen LogP contribution in [0, 0.1) is 17.8 Å². The lowest BCUT2D eigenvalue weighted by Crippen LogP contribution is -2.47. The van der Waals surface area contributed by atoms with Crippen LogP contribution in [-0.2, 0) is 24.3 Å². The van der Waals surface area contributed by atoms with Gasteiger partial charge in [0, 0.05) is 11.5 Å². The fourth-order valence-corrected chi connectivity index (χ4v) is 4.31. The number of sulfonamides is 1. The number of methoxy groups -OCH3 is 1. The average molecular weight is 379 g/mol. The third-order valence-corrected chi connectivity index (χ3v) is 6.98. The van der Waals surface area contributed by atoms with E-state index >= 15 is 0 Å². The van der Waals surface area contributed by atoms with E-state index in [1.54, 1.807) is 19.1 Å². The highest BCUT2D eigenvalue weighted by Gasteiger charge is 2.54. The molecule has 1 aliphatic carbocycles. The van der Waals surface area contributed by atoms with Crippen molar-refractivity contribution < 1.29 is 22.7 Å². The van der Waals surface area contributed by atoms with Crippen LogP contribution >= 0.6 is 0 Å². The molecule has 1 unspecified atom stereocenters. The van der Waals surface area contributed by atoms with Gasteiger partial charge in [-0.05, 0) is 38.8 Å². The smallest absolute Gasteiger partial charge is 0.330 e. The molecule has 1 fully saturated rings. The van der Waals surface area contributed by atoms with Crippen molar-refractivity contribution in [1.82, 2.24) is 4.72 Å². The van der Waals surface area contributed by atoms with Gasteiger partial charge in [-0.1, -0.05) is 37.1 Å². The van der Waals surface area contributed by atoms with Crippen molar-refractivity contribution >= 4 is 21.9 Å². The Morgan fingerprint density at radius 1 is 1.15 bits per heavy atom. The first-order chi connectivity index (χ1) is 11.9. The molecule has 0 aliphatic heterocycles. The molecule has 2 rings (SSSR count). The Morgan fingerprint density at radius 2 is 1.73 bits per heavy atom. The van der Waals surface area contributed by atoms with Crippen molar-refractivity contribution in [2.75, 3.05) is 7.11 Å². The third kappa shape index (κ3) is 3.53. The quantitative estimate of drug-likeness (QED) is 0.642. The van der Waals surface area contributed by atoms with Crippen molar-refractivity contribution in [3.05, 3.63) is 41.5 Å². The van der Waals surface area contributed by atoms with E-state index in [1.165, 1.54) is 25.3 Å². The van der Waals surface area contributed by atoms with Gasteiger partial charge in [0.15, 0.2) is 0 Å². The highest BCUT2D eigenvalue weighted by molar-refractivity contribution is 7.90. The molecule has 26 heavy (non-hydrogen) atoms. The van der Waals surface area contributed by atoms with Gasteiger partial charge in [-0.3, -0.25) is 4.79 Å². The Labute approximate surface area is 154 Å². The number of carbonyl (C=O) groups excluding carboxylic acids is 2. The predicted octanol–water partition coefficient (Wildman–Crippen LogP) is 2.73. The minimum atomic E-state index is -3.96. The summed E-state index contributed by atoms with van der Waals surface area (Å²) < 4.78 is 32.0. The standard InChI is InChI=1S/C19H25NO5S/c1-13-6-8-15(9-7-13)26(23,24)20-17(22)19(4)11-10-14(18(19,2)3)12-16(21)25-5/h6-9,12H,10-11H2,1-5H3,(H,20,22)/b14-12+. The third-order valence-electron chi connectivity index (χ3n) is 5.63. The Balaban J connectivity index is 2.30. The highest BCUT2D eigenvalue weighted by Crippen LogP contribution is 2.55. The first-order valence-corrected chi connectivity index (χ1v) is 9.85. The molecule has 0 aromatic heterocycles. The lowest BCUT2D eigenvalue weighted by atomic mass is 9.67. The van der Waals surface area contributed by atoms with Crippen LogP contribution in [0.3, 0.4) is 0 Å². The minimum absolute atomic E-state index is 0.0428. The molecule has 0 bridgehead atoms. The largest absolute Gasteiger partial charge is 0.466 e. The second-order valence-electron chi connectivity index (χ2n) is 7.40. The van der Waals surface area contributed by atoms with Crippen molar-refractivity contribution in [3.63, 3.8) is 0 Å². The number of allylic oxidation sites excluding steroid dienone is 1. The molecule has 1 aromatic rings. The number of nitrogens with one attached hydrogen (secondary N) is 1. The van der Waals surface area contributed by atoms with Crippen LogP contribution in [0.2, 0.25) is 0 Å². The summed E-state index contributed by atoms with van der Waals surface area (Å²) in [7, 11) is -2.66. The van der Waals surface area contributed by atoms with Gasteiger partial charge in [0.05, 0.1) is 17.4 Å². The van der Waals surface area contributed by atoms with Crippen molar-refractivity contribution in [1.29, 1.82) is 0 Å². The van der Waals surface area contributed by atoms with Crippen molar-refractivity contribution in [2.24, 2.45) is 10.8 Å². The highest BCUT2D eigenvalue weighted by atomic mass is 32.2. The summed E-state index contributed by atoms with van der Waals surface area (Å²) >= 11 is 0. The molecule has 1 saturated carbocycles. The Hall–Kier alpha value is -2.15. The molecule has 7 heteroatoms. The van der Waals surface area contributed by atoms with Crippen LogP contribution in [0.25, 0.3) is 0 Å².